The standard InChI is InChI=1S/C14H25BrN4.4ClH/c15-14-3-1-2-12(9-14)8-13(10-18-6-4-16)11-19-7-5-17;;;;/h1-3,9,13,18-19H,4-8,10-11,16-17H2;4*1H. The molecule has 1 aromatic rings. The highest BCUT2D eigenvalue weighted by Crippen LogP contribution is 2.14. The lowest BCUT2D eigenvalue weighted by atomic mass is 9.99. The van der Waals surface area contributed by atoms with Gasteiger partial charge in [-0.2, -0.15) is 0 Å². The van der Waals surface area contributed by atoms with Gasteiger partial charge in [0.05, 0.1) is 0 Å². The molecule has 1 aromatic carbocycles. The van der Waals surface area contributed by atoms with Crippen molar-refractivity contribution < 1.29 is 0 Å². The fourth-order valence-corrected chi connectivity index (χ4v) is 2.48. The number of hydrogen-bond acceptors (Lipinski definition) is 4. The van der Waals surface area contributed by atoms with Crippen LogP contribution in [0.5, 0.6) is 0 Å². The van der Waals surface area contributed by atoms with E-state index in [1.165, 1.54) is 5.56 Å². The Morgan fingerprint density at radius 2 is 1.43 bits per heavy atom. The topological polar surface area (TPSA) is 76.1 Å². The Hall–Kier alpha value is 0.700. The molecular weight excluding hydrogens is 446 g/mol. The van der Waals surface area contributed by atoms with Gasteiger partial charge in [-0.15, -0.1) is 49.6 Å². The maximum atomic E-state index is 5.51. The van der Waals surface area contributed by atoms with Gasteiger partial charge in [-0.25, -0.2) is 0 Å². The van der Waals surface area contributed by atoms with Gasteiger partial charge in [0.15, 0.2) is 0 Å². The van der Waals surface area contributed by atoms with Crippen LogP contribution in [0.4, 0.5) is 0 Å². The highest BCUT2D eigenvalue weighted by molar-refractivity contribution is 9.10. The first-order valence-corrected chi connectivity index (χ1v) is 7.61. The summed E-state index contributed by atoms with van der Waals surface area (Å²) in [4.78, 5) is 0. The first-order chi connectivity index (χ1) is 9.26. The predicted octanol–water partition coefficient (Wildman–Crippen LogP) is 2.39. The van der Waals surface area contributed by atoms with Crippen LogP contribution in [0.1, 0.15) is 5.56 Å². The van der Waals surface area contributed by atoms with E-state index in [4.69, 9.17) is 11.5 Å². The summed E-state index contributed by atoms with van der Waals surface area (Å²) in [7, 11) is 0. The van der Waals surface area contributed by atoms with Gasteiger partial charge in [0.25, 0.3) is 0 Å². The third kappa shape index (κ3) is 15.9. The molecule has 0 aliphatic rings. The van der Waals surface area contributed by atoms with Crippen molar-refractivity contribution in [1.82, 2.24) is 10.6 Å². The maximum Gasteiger partial charge on any atom is 0.0177 e. The lowest BCUT2D eigenvalue weighted by molar-refractivity contribution is 0.444. The maximum absolute atomic E-state index is 5.51. The molecule has 0 aromatic heterocycles. The van der Waals surface area contributed by atoms with E-state index >= 15 is 0 Å². The molecule has 0 spiro atoms. The van der Waals surface area contributed by atoms with Gasteiger partial charge in [-0.1, -0.05) is 28.1 Å². The molecular formula is C14H29BrCl4N4. The predicted molar refractivity (Wildman–Crippen MR) is 114 cm³/mol. The second kappa shape index (κ2) is 20.7. The van der Waals surface area contributed by atoms with Gasteiger partial charge in [0.1, 0.15) is 0 Å². The van der Waals surface area contributed by atoms with E-state index in [-0.39, 0.29) is 49.6 Å². The van der Waals surface area contributed by atoms with E-state index < -0.39 is 0 Å². The smallest absolute Gasteiger partial charge is 0.0177 e. The van der Waals surface area contributed by atoms with Gasteiger partial charge in [0, 0.05) is 30.7 Å². The zero-order valence-corrected chi connectivity index (χ0v) is 17.9. The molecule has 0 heterocycles. The minimum Gasteiger partial charge on any atom is -0.329 e. The average molecular weight is 475 g/mol. The average Bonchev–Trinajstić information content (AvgIpc) is 2.39. The van der Waals surface area contributed by atoms with Crippen LogP contribution in [0.15, 0.2) is 28.7 Å². The fraction of sp³-hybridized carbons (Fsp3) is 0.571. The monoisotopic (exact) mass is 472 g/mol. The van der Waals surface area contributed by atoms with Crippen molar-refractivity contribution in [3.05, 3.63) is 34.3 Å². The SMILES string of the molecule is Cl.Cl.Cl.Cl.NCCNCC(CNCCN)Cc1cccc(Br)c1. The molecule has 9 heteroatoms. The Morgan fingerprint density at radius 1 is 0.913 bits per heavy atom. The second-order valence-electron chi connectivity index (χ2n) is 4.69. The lowest BCUT2D eigenvalue weighted by Crippen LogP contribution is -2.36. The largest absolute Gasteiger partial charge is 0.329 e. The third-order valence-corrected chi connectivity index (χ3v) is 3.41. The number of nitrogens with one attached hydrogen (secondary N) is 2. The summed E-state index contributed by atoms with van der Waals surface area (Å²) in [6.45, 7) is 5.04. The summed E-state index contributed by atoms with van der Waals surface area (Å²) in [5.41, 5.74) is 12.4. The first kappa shape index (κ1) is 31.5. The molecule has 0 radical (unpaired) electrons. The molecule has 0 saturated heterocycles. The van der Waals surface area contributed by atoms with Crippen LogP contribution in [0.3, 0.4) is 0 Å². The van der Waals surface area contributed by atoms with Gasteiger partial charge in [-0.3, -0.25) is 0 Å². The van der Waals surface area contributed by atoms with E-state index in [1.54, 1.807) is 0 Å². The van der Waals surface area contributed by atoms with Crippen LogP contribution in [-0.2, 0) is 6.42 Å². The van der Waals surface area contributed by atoms with Gasteiger partial charge in [-0.05, 0) is 43.1 Å². The van der Waals surface area contributed by atoms with Crippen LogP contribution in [0.25, 0.3) is 0 Å². The molecule has 0 aliphatic heterocycles. The summed E-state index contributed by atoms with van der Waals surface area (Å²) in [5, 5.41) is 6.78. The molecule has 0 saturated carbocycles. The normalized spacial score (nSPS) is 9.22. The van der Waals surface area contributed by atoms with E-state index in [2.05, 4.69) is 50.8 Å². The highest BCUT2D eigenvalue weighted by Gasteiger charge is 2.09. The summed E-state index contributed by atoms with van der Waals surface area (Å²) < 4.78 is 1.13. The summed E-state index contributed by atoms with van der Waals surface area (Å²) in [6, 6.07) is 8.48. The van der Waals surface area contributed by atoms with Gasteiger partial charge >= 0.3 is 0 Å². The molecule has 0 unspecified atom stereocenters. The zero-order valence-electron chi connectivity index (χ0n) is 13.0. The van der Waals surface area contributed by atoms with E-state index in [0.717, 1.165) is 37.1 Å². The lowest BCUT2D eigenvalue weighted by Gasteiger charge is -2.18. The van der Waals surface area contributed by atoms with Crippen LogP contribution in [-0.4, -0.2) is 39.3 Å². The van der Waals surface area contributed by atoms with E-state index in [9.17, 15) is 0 Å². The van der Waals surface area contributed by atoms with Crippen molar-refractivity contribution in [2.45, 2.75) is 6.42 Å². The minimum absolute atomic E-state index is 0. The molecule has 140 valence electrons. The van der Waals surface area contributed by atoms with Crippen molar-refractivity contribution in [1.29, 1.82) is 0 Å². The second-order valence-corrected chi connectivity index (χ2v) is 5.60. The minimum atomic E-state index is 0. The van der Waals surface area contributed by atoms with Crippen LogP contribution in [0, 0.1) is 5.92 Å². The van der Waals surface area contributed by atoms with Crippen molar-refractivity contribution in [3.63, 3.8) is 0 Å². The van der Waals surface area contributed by atoms with Crippen molar-refractivity contribution in [2.75, 3.05) is 39.3 Å². The molecule has 4 nitrogen and oxygen atoms in total. The first-order valence-electron chi connectivity index (χ1n) is 6.82. The summed E-state index contributed by atoms with van der Waals surface area (Å²) in [6.07, 6.45) is 1.05. The van der Waals surface area contributed by atoms with E-state index in [0.29, 0.717) is 19.0 Å². The molecule has 0 bridgehead atoms. The molecule has 1 rings (SSSR count). The quantitative estimate of drug-likeness (QED) is 0.393. The number of halogens is 5. The Labute approximate surface area is 173 Å². The summed E-state index contributed by atoms with van der Waals surface area (Å²) >= 11 is 3.52. The van der Waals surface area contributed by atoms with Crippen LogP contribution >= 0.6 is 65.6 Å². The third-order valence-electron chi connectivity index (χ3n) is 2.92. The number of hydrogen-bond donors (Lipinski definition) is 4. The van der Waals surface area contributed by atoms with Crippen molar-refractivity contribution in [3.8, 4) is 0 Å². The zero-order chi connectivity index (χ0) is 13.9. The van der Waals surface area contributed by atoms with Crippen molar-refractivity contribution >= 4 is 65.6 Å². The Kier molecular flexibility index (Phi) is 28.4. The Bertz CT molecular complexity index is 351. The summed E-state index contributed by atoms with van der Waals surface area (Å²) in [5.74, 6) is 0.549. The fourth-order valence-electron chi connectivity index (χ4n) is 2.03. The van der Waals surface area contributed by atoms with Crippen LogP contribution in [0.2, 0.25) is 0 Å². The van der Waals surface area contributed by atoms with Crippen LogP contribution < -0.4 is 22.1 Å². The van der Waals surface area contributed by atoms with Gasteiger partial charge < -0.3 is 22.1 Å². The van der Waals surface area contributed by atoms with Crippen molar-refractivity contribution in [2.24, 2.45) is 17.4 Å². The molecule has 23 heavy (non-hydrogen) atoms. The molecule has 0 amide bonds. The molecule has 0 atom stereocenters. The number of nitrogens with two attached hydrogens (primary N) is 2. The number of rotatable bonds is 10. The molecule has 0 aliphatic carbocycles. The molecule has 6 N–H and O–H groups in total. The van der Waals surface area contributed by atoms with E-state index in [1.807, 2.05) is 0 Å². The number of benzene rings is 1. The van der Waals surface area contributed by atoms with Gasteiger partial charge in [0.2, 0.25) is 0 Å². The molecule has 0 fully saturated rings. The Balaban J connectivity index is -0.000000451. The Morgan fingerprint density at radius 3 is 1.87 bits per heavy atom. The highest BCUT2D eigenvalue weighted by atomic mass is 79.9.